The van der Waals surface area contributed by atoms with Crippen LogP contribution in [0.1, 0.15) is 0 Å². The molecule has 0 saturated heterocycles. The quantitative estimate of drug-likeness (QED) is 0.440. The lowest BCUT2D eigenvalue weighted by Gasteiger charge is -1.89. The van der Waals surface area contributed by atoms with Crippen LogP contribution in [0.15, 0.2) is 25.1 Å². The standard InChI is InChI=1S/C6H9NO2/c1-3-6(8)7-4-5-9-2/h3-5H,1H2,2H3,(H,7,8). The number of methoxy groups -OCH3 is 1. The van der Waals surface area contributed by atoms with Gasteiger partial charge in [-0.1, -0.05) is 6.58 Å². The van der Waals surface area contributed by atoms with Crippen molar-refractivity contribution in [2.45, 2.75) is 0 Å². The van der Waals surface area contributed by atoms with E-state index < -0.39 is 0 Å². The zero-order valence-corrected chi connectivity index (χ0v) is 5.26. The summed E-state index contributed by atoms with van der Waals surface area (Å²) >= 11 is 0. The van der Waals surface area contributed by atoms with Crippen molar-refractivity contribution < 1.29 is 9.53 Å². The number of hydrogen-bond donors (Lipinski definition) is 1. The fourth-order valence-electron chi connectivity index (χ4n) is 0.243. The van der Waals surface area contributed by atoms with Crippen LogP contribution in [0.2, 0.25) is 0 Å². The van der Waals surface area contributed by atoms with Gasteiger partial charge in [0.1, 0.15) is 0 Å². The van der Waals surface area contributed by atoms with E-state index in [2.05, 4.69) is 16.6 Å². The first-order valence-corrected chi connectivity index (χ1v) is 2.42. The van der Waals surface area contributed by atoms with E-state index in [1.165, 1.54) is 25.6 Å². The summed E-state index contributed by atoms with van der Waals surface area (Å²) in [4.78, 5) is 10.4. The Hall–Kier alpha value is -1.25. The van der Waals surface area contributed by atoms with Crippen molar-refractivity contribution in [1.82, 2.24) is 5.32 Å². The maximum atomic E-state index is 10.4. The summed E-state index contributed by atoms with van der Waals surface area (Å²) in [6.07, 6.45) is 3.94. The van der Waals surface area contributed by atoms with E-state index in [1.807, 2.05) is 0 Å². The predicted octanol–water partition coefficient (Wildman–Crippen LogP) is 0.406. The van der Waals surface area contributed by atoms with Crippen molar-refractivity contribution in [3.63, 3.8) is 0 Å². The Morgan fingerprint density at radius 2 is 2.44 bits per heavy atom. The normalized spacial score (nSPS) is 9.00. The van der Waals surface area contributed by atoms with Crippen LogP contribution in [0.5, 0.6) is 0 Å². The van der Waals surface area contributed by atoms with Crippen molar-refractivity contribution in [2.75, 3.05) is 7.11 Å². The molecular formula is C6H9NO2. The van der Waals surface area contributed by atoms with Crippen molar-refractivity contribution in [3.8, 4) is 0 Å². The maximum Gasteiger partial charge on any atom is 0.247 e. The molecule has 3 nitrogen and oxygen atoms in total. The SMILES string of the molecule is C=CC(=O)NC=COC. The second-order valence-corrected chi connectivity index (χ2v) is 1.25. The number of rotatable bonds is 3. The smallest absolute Gasteiger partial charge is 0.247 e. The first-order valence-electron chi connectivity index (χ1n) is 2.42. The summed E-state index contributed by atoms with van der Waals surface area (Å²) in [5.74, 6) is -0.247. The van der Waals surface area contributed by atoms with Crippen LogP contribution in [0, 0.1) is 0 Å². The minimum absolute atomic E-state index is 0.247. The van der Waals surface area contributed by atoms with E-state index in [0.717, 1.165) is 0 Å². The molecule has 0 bridgehead atoms. The highest BCUT2D eigenvalue weighted by molar-refractivity contribution is 5.87. The van der Waals surface area contributed by atoms with Crippen molar-refractivity contribution in [2.24, 2.45) is 0 Å². The number of carbonyl (C=O) groups excluding carboxylic acids is 1. The van der Waals surface area contributed by atoms with Gasteiger partial charge in [0.2, 0.25) is 5.91 Å². The van der Waals surface area contributed by atoms with Gasteiger partial charge in [-0.3, -0.25) is 4.79 Å². The average Bonchev–Trinajstić information content (AvgIpc) is 1.89. The Balaban J connectivity index is 3.37. The molecule has 50 valence electrons. The average molecular weight is 127 g/mol. The molecule has 0 rings (SSSR count). The fraction of sp³-hybridized carbons (Fsp3) is 0.167. The number of carbonyl (C=O) groups is 1. The van der Waals surface area contributed by atoms with Gasteiger partial charge in [0.05, 0.1) is 13.4 Å². The van der Waals surface area contributed by atoms with E-state index in [-0.39, 0.29) is 5.91 Å². The molecule has 0 radical (unpaired) electrons. The number of nitrogens with one attached hydrogen (secondary N) is 1. The predicted molar refractivity (Wildman–Crippen MR) is 34.5 cm³/mol. The van der Waals surface area contributed by atoms with Gasteiger partial charge in [-0.2, -0.15) is 0 Å². The van der Waals surface area contributed by atoms with E-state index >= 15 is 0 Å². The highest BCUT2D eigenvalue weighted by atomic mass is 16.5. The van der Waals surface area contributed by atoms with E-state index in [0.29, 0.717) is 0 Å². The lowest BCUT2D eigenvalue weighted by atomic mass is 10.6. The monoisotopic (exact) mass is 127 g/mol. The molecule has 9 heavy (non-hydrogen) atoms. The summed E-state index contributed by atoms with van der Waals surface area (Å²) in [7, 11) is 1.50. The lowest BCUT2D eigenvalue weighted by molar-refractivity contribution is -0.115. The molecule has 0 saturated carbocycles. The zero-order valence-electron chi connectivity index (χ0n) is 5.26. The van der Waals surface area contributed by atoms with Crippen molar-refractivity contribution in [1.29, 1.82) is 0 Å². The first-order chi connectivity index (χ1) is 4.31. The van der Waals surface area contributed by atoms with Gasteiger partial charge < -0.3 is 10.1 Å². The van der Waals surface area contributed by atoms with Gasteiger partial charge in [0, 0.05) is 6.20 Å². The molecule has 0 aromatic rings. The van der Waals surface area contributed by atoms with Crippen LogP contribution >= 0.6 is 0 Å². The molecule has 0 unspecified atom stereocenters. The Kier molecular flexibility index (Phi) is 4.22. The van der Waals surface area contributed by atoms with Crippen LogP contribution < -0.4 is 5.32 Å². The summed E-state index contributed by atoms with van der Waals surface area (Å²) in [6.45, 7) is 3.25. The largest absolute Gasteiger partial charge is 0.503 e. The Bertz CT molecular complexity index is 129. The fourth-order valence-corrected chi connectivity index (χ4v) is 0.243. The Morgan fingerprint density at radius 1 is 1.78 bits per heavy atom. The van der Waals surface area contributed by atoms with E-state index in [9.17, 15) is 4.79 Å². The van der Waals surface area contributed by atoms with Crippen LogP contribution in [-0.4, -0.2) is 13.0 Å². The molecule has 1 amide bonds. The van der Waals surface area contributed by atoms with Gasteiger partial charge in [-0.25, -0.2) is 0 Å². The molecule has 0 fully saturated rings. The molecule has 0 aromatic heterocycles. The second-order valence-electron chi connectivity index (χ2n) is 1.25. The zero-order chi connectivity index (χ0) is 7.11. The van der Waals surface area contributed by atoms with Gasteiger partial charge in [0.15, 0.2) is 0 Å². The summed E-state index contributed by atoms with van der Waals surface area (Å²) in [5.41, 5.74) is 0. The molecule has 0 aliphatic carbocycles. The van der Waals surface area contributed by atoms with Gasteiger partial charge in [-0.05, 0) is 6.08 Å². The van der Waals surface area contributed by atoms with Gasteiger partial charge in [-0.15, -0.1) is 0 Å². The van der Waals surface area contributed by atoms with Crippen LogP contribution in [-0.2, 0) is 9.53 Å². The van der Waals surface area contributed by atoms with Crippen molar-refractivity contribution >= 4 is 5.91 Å². The lowest BCUT2D eigenvalue weighted by Crippen LogP contribution is -2.12. The molecule has 0 aliphatic heterocycles. The van der Waals surface area contributed by atoms with E-state index in [4.69, 9.17) is 0 Å². The molecule has 0 aromatic carbocycles. The van der Waals surface area contributed by atoms with Crippen LogP contribution in [0.25, 0.3) is 0 Å². The molecule has 0 heterocycles. The third-order valence-corrected chi connectivity index (χ3v) is 0.615. The molecule has 1 N–H and O–H groups in total. The second kappa shape index (κ2) is 4.90. The maximum absolute atomic E-state index is 10.4. The number of hydrogen-bond acceptors (Lipinski definition) is 2. The van der Waals surface area contributed by atoms with Gasteiger partial charge in [0.25, 0.3) is 0 Å². The van der Waals surface area contributed by atoms with Crippen LogP contribution in [0.4, 0.5) is 0 Å². The minimum Gasteiger partial charge on any atom is -0.503 e. The highest BCUT2D eigenvalue weighted by Gasteiger charge is 1.83. The number of amides is 1. The first kappa shape index (κ1) is 7.75. The summed E-state index contributed by atoms with van der Waals surface area (Å²) < 4.78 is 4.51. The van der Waals surface area contributed by atoms with E-state index in [1.54, 1.807) is 0 Å². The summed E-state index contributed by atoms with van der Waals surface area (Å²) in [6, 6.07) is 0. The van der Waals surface area contributed by atoms with Crippen molar-refractivity contribution in [3.05, 3.63) is 25.1 Å². The highest BCUT2D eigenvalue weighted by Crippen LogP contribution is 1.69. The molecule has 0 aliphatic rings. The molecular weight excluding hydrogens is 118 g/mol. The molecule has 0 atom stereocenters. The summed E-state index contributed by atoms with van der Waals surface area (Å²) in [5, 5.41) is 2.37. The van der Waals surface area contributed by atoms with Gasteiger partial charge >= 0.3 is 0 Å². The minimum atomic E-state index is -0.247. The molecule has 3 heteroatoms. The number of ether oxygens (including phenoxy) is 1. The third-order valence-electron chi connectivity index (χ3n) is 0.615. The topological polar surface area (TPSA) is 38.3 Å². The van der Waals surface area contributed by atoms with Crippen LogP contribution in [0.3, 0.4) is 0 Å². The Labute approximate surface area is 54.0 Å². The molecule has 0 spiro atoms. The third kappa shape index (κ3) is 4.61. The Morgan fingerprint density at radius 3 is 2.89 bits per heavy atom.